The zero-order valence-electron chi connectivity index (χ0n) is 23.2. The maximum absolute atomic E-state index is 2.66. The molecule has 0 heterocycles. The van der Waals surface area contributed by atoms with Crippen LogP contribution < -0.4 is 0 Å². The topological polar surface area (TPSA) is 0 Å². The van der Waals surface area contributed by atoms with Gasteiger partial charge in [0, 0.05) is 0 Å². The summed E-state index contributed by atoms with van der Waals surface area (Å²) in [6.07, 6.45) is 21.0. The Bertz CT molecular complexity index is 792. The minimum atomic E-state index is -1.53. The van der Waals surface area contributed by atoms with Gasteiger partial charge >= 0.3 is 0 Å². The van der Waals surface area contributed by atoms with Gasteiger partial charge in [-0.1, -0.05) is 138 Å². The van der Waals surface area contributed by atoms with E-state index in [0.717, 1.165) is 23.9 Å². The molecule has 0 spiro atoms. The van der Waals surface area contributed by atoms with Crippen LogP contribution in [0.25, 0.3) is 0 Å². The van der Waals surface area contributed by atoms with Crippen LogP contribution in [0.5, 0.6) is 0 Å². The van der Waals surface area contributed by atoms with Crippen molar-refractivity contribution in [3.8, 4) is 0 Å². The first-order valence-corrected chi connectivity index (χ1v) is 26.7. The van der Waals surface area contributed by atoms with Crippen molar-refractivity contribution < 1.29 is 0 Å². The van der Waals surface area contributed by atoms with Gasteiger partial charge < -0.3 is 0 Å². The second-order valence-electron chi connectivity index (χ2n) is 14.0. The lowest BCUT2D eigenvalue weighted by Crippen LogP contribution is -2.50. The van der Waals surface area contributed by atoms with Gasteiger partial charge in [-0.15, -0.1) is 0 Å². The summed E-state index contributed by atoms with van der Waals surface area (Å²) < 4.78 is 0. The number of hydrogen-bond donors (Lipinski definition) is 0. The van der Waals surface area contributed by atoms with Gasteiger partial charge in [-0.05, 0) is 35.1 Å². The Morgan fingerprint density at radius 2 is 0.844 bits per heavy atom. The third kappa shape index (κ3) is 6.68. The van der Waals surface area contributed by atoms with Gasteiger partial charge in [0.05, 0.1) is 32.3 Å². The van der Waals surface area contributed by atoms with Crippen LogP contribution in [0.4, 0.5) is 0 Å². The Hall–Kier alpha value is -0.692. The molecular formula is C28H50Si4. The summed E-state index contributed by atoms with van der Waals surface area (Å²) in [5, 5.41) is 3.80. The molecule has 0 radical (unpaired) electrons. The highest BCUT2D eigenvalue weighted by molar-refractivity contribution is 6.93. The quantitative estimate of drug-likeness (QED) is 0.306. The summed E-state index contributed by atoms with van der Waals surface area (Å²) in [7, 11) is -6.11. The van der Waals surface area contributed by atoms with Crippen LogP contribution in [-0.4, -0.2) is 32.3 Å². The summed E-state index contributed by atoms with van der Waals surface area (Å²) in [5.41, 5.74) is 4.78. The lowest BCUT2D eigenvalue weighted by atomic mass is 10.0. The van der Waals surface area contributed by atoms with Gasteiger partial charge in [0.15, 0.2) is 0 Å². The van der Waals surface area contributed by atoms with Crippen molar-refractivity contribution in [1.29, 1.82) is 0 Å². The molecule has 0 amide bonds. The van der Waals surface area contributed by atoms with Crippen molar-refractivity contribution >= 4 is 32.3 Å². The molecule has 0 saturated heterocycles. The molecule has 0 aromatic rings. The highest BCUT2D eigenvalue weighted by Crippen LogP contribution is 2.56. The van der Waals surface area contributed by atoms with E-state index in [1.165, 1.54) is 0 Å². The van der Waals surface area contributed by atoms with Gasteiger partial charge in [-0.25, -0.2) is 0 Å². The monoisotopic (exact) mass is 498 g/mol. The van der Waals surface area contributed by atoms with Crippen molar-refractivity contribution in [3.63, 3.8) is 0 Å². The minimum absolute atomic E-state index is 0.737. The van der Waals surface area contributed by atoms with Crippen LogP contribution in [0.2, 0.25) is 89.6 Å². The van der Waals surface area contributed by atoms with Crippen LogP contribution >= 0.6 is 0 Å². The molecule has 32 heavy (non-hydrogen) atoms. The van der Waals surface area contributed by atoms with Crippen molar-refractivity contribution in [1.82, 2.24) is 0 Å². The van der Waals surface area contributed by atoms with Crippen molar-refractivity contribution in [3.05, 3.63) is 70.1 Å². The van der Waals surface area contributed by atoms with Gasteiger partial charge in [-0.3, -0.25) is 0 Å². The van der Waals surface area contributed by atoms with E-state index in [1.807, 2.05) is 10.4 Å². The van der Waals surface area contributed by atoms with Gasteiger partial charge in [0.2, 0.25) is 0 Å². The molecule has 2 aliphatic rings. The minimum Gasteiger partial charge on any atom is -0.0802 e. The molecule has 0 aromatic carbocycles. The second-order valence-corrected chi connectivity index (χ2v) is 34.8. The van der Waals surface area contributed by atoms with E-state index in [0.29, 0.717) is 0 Å². The fourth-order valence-electron chi connectivity index (χ4n) is 5.92. The SMILES string of the molecule is C[Si](C)(C)/C(=C1\C=CC=CC1)C(C(/C(=C1/C=CC=CC1)[Si](C)(C)C)[Si](C)(C)C)[Si](C)(C)C. The number of hydrogen-bond acceptors (Lipinski definition) is 0. The molecule has 0 aliphatic heterocycles. The highest BCUT2D eigenvalue weighted by Gasteiger charge is 2.49. The highest BCUT2D eigenvalue weighted by atomic mass is 28.3. The third-order valence-electron chi connectivity index (χ3n) is 6.89. The maximum atomic E-state index is 2.66. The second kappa shape index (κ2) is 9.89. The van der Waals surface area contributed by atoms with E-state index in [1.54, 1.807) is 11.1 Å². The molecular weight excluding hydrogens is 449 g/mol. The summed E-state index contributed by atoms with van der Waals surface area (Å²) in [6, 6.07) is 0. The van der Waals surface area contributed by atoms with Gasteiger partial charge in [0.1, 0.15) is 0 Å². The Kier molecular flexibility index (Phi) is 8.51. The Morgan fingerprint density at radius 1 is 0.531 bits per heavy atom. The van der Waals surface area contributed by atoms with Crippen molar-refractivity contribution in [2.75, 3.05) is 0 Å². The van der Waals surface area contributed by atoms with Crippen LogP contribution in [0.1, 0.15) is 12.8 Å². The largest absolute Gasteiger partial charge is 0.0802 e. The molecule has 2 atom stereocenters. The average molecular weight is 499 g/mol. The van der Waals surface area contributed by atoms with Crippen LogP contribution in [-0.2, 0) is 0 Å². The summed E-state index contributed by atoms with van der Waals surface area (Å²) in [6.45, 7) is 31.7. The lowest BCUT2D eigenvalue weighted by molar-refractivity contribution is 0.876. The first kappa shape index (κ1) is 27.6. The molecule has 0 nitrogen and oxygen atoms in total. The number of rotatable bonds is 7. The molecule has 0 N–H and O–H groups in total. The molecule has 2 aliphatic carbocycles. The first-order chi connectivity index (χ1) is 14.5. The first-order valence-electron chi connectivity index (χ1n) is 12.6. The van der Waals surface area contributed by atoms with Crippen molar-refractivity contribution in [2.24, 2.45) is 0 Å². The van der Waals surface area contributed by atoms with Crippen molar-refractivity contribution in [2.45, 2.75) is 102 Å². The van der Waals surface area contributed by atoms with Crippen LogP contribution in [0.3, 0.4) is 0 Å². The molecule has 0 fully saturated rings. The molecule has 2 rings (SSSR count). The zero-order chi connectivity index (χ0) is 24.5. The third-order valence-corrected chi connectivity index (χ3v) is 17.3. The van der Waals surface area contributed by atoms with E-state index >= 15 is 0 Å². The smallest absolute Gasteiger partial charge is 0.0728 e. The normalized spacial score (nSPS) is 22.8. The summed E-state index contributed by atoms with van der Waals surface area (Å²) in [4.78, 5) is 0. The molecule has 2 unspecified atom stereocenters. The zero-order valence-corrected chi connectivity index (χ0v) is 27.2. The lowest BCUT2D eigenvalue weighted by Gasteiger charge is -2.51. The predicted octanol–water partition coefficient (Wildman–Crippen LogP) is 9.78. The number of allylic oxidation sites excluding steroid dienone is 12. The van der Waals surface area contributed by atoms with E-state index in [9.17, 15) is 0 Å². The van der Waals surface area contributed by atoms with Gasteiger partial charge in [-0.2, -0.15) is 0 Å². The molecule has 0 aromatic heterocycles. The van der Waals surface area contributed by atoms with Crippen LogP contribution in [0, 0.1) is 0 Å². The van der Waals surface area contributed by atoms with E-state index < -0.39 is 32.3 Å². The van der Waals surface area contributed by atoms with E-state index in [-0.39, 0.29) is 0 Å². The molecule has 0 bridgehead atoms. The van der Waals surface area contributed by atoms with Gasteiger partial charge in [0.25, 0.3) is 0 Å². The Balaban J connectivity index is 2.95. The maximum Gasteiger partial charge on any atom is 0.0728 e. The van der Waals surface area contributed by atoms with Crippen LogP contribution in [0.15, 0.2) is 70.1 Å². The molecule has 0 saturated carbocycles. The molecule has 4 heteroatoms. The average Bonchev–Trinajstić information content (AvgIpc) is 2.62. The Labute approximate surface area is 204 Å². The summed E-state index contributed by atoms with van der Waals surface area (Å²) >= 11 is 0. The standard InChI is InChI=1S/C28H50Si4/c1-29(2,3)25(23-19-15-13-16-20-23)27(31(7,8)9)28(32(10,11)12)26(30(4,5)6)24-21-17-14-18-22-24/h13-19,21,27-28H,20,22H2,1-12H3/b25-23+,26-24+. The van der Waals surface area contributed by atoms with E-state index in [2.05, 4.69) is 127 Å². The fourth-order valence-corrected chi connectivity index (χ4v) is 23.4. The molecule has 178 valence electrons. The Morgan fingerprint density at radius 3 is 1.03 bits per heavy atom. The fraction of sp³-hybridized carbons (Fsp3) is 0.571. The predicted molar refractivity (Wildman–Crippen MR) is 161 cm³/mol. The summed E-state index contributed by atoms with van der Waals surface area (Å²) in [5.74, 6) is 0. The van der Waals surface area contributed by atoms with E-state index in [4.69, 9.17) is 0 Å².